The van der Waals surface area contributed by atoms with Gasteiger partial charge in [0.2, 0.25) is 0 Å². The average Bonchev–Trinajstić information content (AvgIpc) is 2.07. The van der Waals surface area contributed by atoms with E-state index in [1.807, 2.05) is 0 Å². The van der Waals surface area contributed by atoms with Gasteiger partial charge in [-0.1, -0.05) is 0 Å². The number of aromatic nitrogens is 2. The summed E-state index contributed by atoms with van der Waals surface area (Å²) < 4.78 is 0.981. The van der Waals surface area contributed by atoms with Crippen LogP contribution in [0.2, 0.25) is 0 Å². The van der Waals surface area contributed by atoms with Crippen molar-refractivity contribution in [2.75, 3.05) is 0 Å². The van der Waals surface area contributed by atoms with Crippen molar-refractivity contribution < 1.29 is 0 Å². The summed E-state index contributed by atoms with van der Waals surface area (Å²) in [6.07, 6.45) is 1.33. The van der Waals surface area contributed by atoms with Crippen LogP contribution < -0.4 is 11.2 Å². The van der Waals surface area contributed by atoms with E-state index in [1.54, 1.807) is 6.92 Å². The van der Waals surface area contributed by atoms with Crippen LogP contribution in [0, 0.1) is 6.92 Å². The fourth-order valence-corrected chi connectivity index (χ4v) is 0.722. The van der Waals surface area contributed by atoms with E-state index >= 15 is 0 Å². The molecule has 0 bridgehead atoms. The van der Waals surface area contributed by atoms with Crippen molar-refractivity contribution in [3.63, 3.8) is 0 Å². The molecule has 0 aliphatic heterocycles. The van der Waals surface area contributed by atoms with Gasteiger partial charge in [0.15, 0.2) is 0 Å². The molecule has 1 aromatic rings. The summed E-state index contributed by atoms with van der Waals surface area (Å²) in [7, 11) is 1.41. The Hall–Kier alpha value is -1.45. The first-order valence-corrected chi connectivity index (χ1v) is 3.16. The van der Waals surface area contributed by atoms with Gasteiger partial charge in [0.25, 0.3) is 5.56 Å². The van der Waals surface area contributed by atoms with E-state index in [9.17, 15) is 9.59 Å². The predicted octanol–water partition coefficient (Wildman–Crippen LogP) is -0.551. The lowest BCUT2D eigenvalue weighted by molar-refractivity contribution is 0.790. The highest BCUT2D eigenvalue weighted by Gasteiger charge is 1.94. The molecule has 1 rings (SSSR count). The molecule has 0 spiro atoms. The van der Waals surface area contributed by atoms with E-state index in [2.05, 4.69) is 4.98 Å². The molecule has 0 aromatic carbocycles. The average molecular weight is 152 g/mol. The molecule has 11 heavy (non-hydrogen) atoms. The lowest BCUT2D eigenvalue weighted by atomic mass is 10.4. The molecule has 0 unspecified atom stereocenters. The highest BCUT2D eigenvalue weighted by Crippen LogP contribution is 1.78. The molecule has 0 N–H and O–H groups in total. The molecule has 0 fully saturated rings. The Morgan fingerprint density at radius 2 is 2.09 bits per heavy atom. The van der Waals surface area contributed by atoms with Crippen LogP contribution in [0.1, 0.15) is 5.56 Å². The number of aryl methyl sites for hydroxylation is 1. The van der Waals surface area contributed by atoms with Gasteiger partial charge >= 0.3 is 5.69 Å². The Balaban J connectivity index is 3.77. The highest BCUT2D eigenvalue weighted by molar-refractivity contribution is 5.02. The normalized spacial score (nSPS) is 9.64. The summed E-state index contributed by atoms with van der Waals surface area (Å²) in [5, 5.41) is 0. The molecule has 0 saturated carbocycles. The van der Waals surface area contributed by atoms with Crippen LogP contribution in [0.25, 0.3) is 0 Å². The number of hydrogen-bond acceptors (Lipinski definition) is 3. The Morgan fingerprint density at radius 3 is 2.73 bits per heavy atom. The fraction of sp³-hybridized carbons (Fsp3) is 0.286. The van der Waals surface area contributed by atoms with Gasteiger partial charge in [-0.2, -0.15) is 0 Å². The quantitative estimate of drug-likeness (QED) is 0.501. The standard InChI is InChI=1S/C7H8N2O2/c1-5-3-4-8-7(11)9(2)6(5)10/h3-4H,1-2H3. The zero-order valence-corrected chi connectivity index (χ0v) is 6.37. The molecule has 1 heterocycles. The van der Waals surface area contributed by atoms with Crippen LogP contribution in [-0.2, 0) is 7.05 Å². The van der Waals surface area contributed by atoms with Gasteiger partial charge in [0.05, 0.1) is 0 Å². The minimum Gasteiger partial charge on any atom is -0.269 e. The third-order valence-electron chi connectivity index (χ3n) is 1.44. The Bertz CT molecular complexity index is 381. The van der Waals surface area contributed by atoms with E-state index in [4.69, 9.17) is 0 Å². The van der Waals surface area contributed by atoms with Crippen molar-refractivity contribution >= 4 is 0 Å². The summed E-state index contributed by atoms with van der Waals surface area (Å²) in [4.78, 5) is 25.4. The second-order valence-electron chi connectivity index (χ2n) is 2.27. The van der Waals surface area contributed by atoms with Gasteiger partial charge in [0.1, 0.15) is 0 Å². The second-order valence-corrected chi connectivity index (χ2v) is 2.27. The zero-order chi connectivity index (χ0) is 8.43. The lowest BCUT2D eigenvalue weighted by Crippen LogP contribution is -2.29. The van der Waals surface area contributed by atoms with Crippen LogP contribution in [0.5, 0.6) is 0 Å². The Labute approximate surface area is 63.1 Å². The third kappa shape index (κ3) is 1.34. The molecule has 0 saturated heterocycles. The molecule has 0 radical (unpaired) electrons. The maximum atomic E-state index is 11.1. The first-order valence-electron chi connectivity index (χ1n) is 3.16. The molecule has 0 aliphatic carbocycles. The largest absolute Gasteiger partial charge is 0.350 e. The predicted molar refractivity (Wildman–Crippen MR) is 40.5 cm³/mol. The maximum absolute atomic E-state index is 11.1. The maximum Gasteiger partial charge on any atom is 0.350 e. The van der Waals surface area contributed by atoms with E-state index in [-0.39, 0.29) is 5.56 Å². The van der Waals surface area contributed by atoms with Gasteiger partial charge in [-0.05, 0) is 13.0 Å². The molecule has 0 atom stereocenters. The van der Waals surface area contributed by atoms with Crippen molar-refractivity contribution in [2.45, 2.75) is 6.92 Å². The number of nitrogens with zero attached hydrogens (tertiary/aromatic N) is 2. The summed E-state index contributed by atoms with van der Waals surface area (Å²) in [5.41, 5.74) is -0.308. The zero-order valence-electron chi connectivity index (χ0n) is 6.37. The summed E-state index contributed by atoms with van der Waals surface area (Å²) in [6.45, 7) is 1.64. The summed E-state index contributed by atoms with van der Waals surface area (Å²) >= 11 is 0. The molecular formula is C7H8N2O2. The minimum atomic E-state index is -0.525. The third-order valence-corrected chi connectivity index (χ3v) is 1.44. The molecule has 58 valence electrons. The number of hydrogen-bond donors (Lipinski definition) is 0. The van der Waals surface area contributed by atoms with Gasteiger partial charge in [-0.3, -0.25) is 9.36 Å². The molecule has 0 aliphatic rings. The smallest absolute Gasteiger partial charge is 0.269 e. The van der Waals surface area contributed by atoms with Crippen LogP contribution in [0.3, 0.4) is 0 Å². The van der Waals surface area contributed by atoms with E-state index < -0.39 is 5.69 Å². The lowest BCUT2D eigenvalue weighted by Gasteiger charge is -1.85. The van der Waals surface area contributed by atoms with Crippen molar-refractivity contribution in [1.82, 2.24) is 9.55 Å². The second kappa shape index (κ2) is 2.65. The van der Waals surface area contributed by atoms with Gasteiger partial charge < -0.3 is 0 Å². The van der Waals surface area contributed by atoms with E-state index in [0.29, 0.717) is 5.56 Å². The van der Waals surface area contributed by atoms with Crippen LogP contribution in [0.15, 0.2) is 21.9 Å². The van der Waals surface area contributed by atoms with Crippen LogP contribution in [-0.4, -0.2) is 9.55 Å². The molecule has 1 aromatic heterocycles. The van der Waals surface area contributed by atoms with Crippen molar-refractivity contribution in [3.8, 4) is 0 Å². The molecule has 4 nitrogen and oxygen atoms in total. The van der Waals surface area contributed by atoms with E-state index in [0.717, 1.165) is 4.57 Å². The minimum absolute atomic E-state index is 0.299. The van der Waals surface area contributed by atoms with E-state index in [1.165, 1.54) is 19.3 Å². The van der Waals surface area contributed by atoms with Crippen LogP contribution >= 0.6 is 0 Å². The first-order chi connectivity index (χ1) is 5.13. The van der Waals surface area contributed by atoms with Crippen molar-refractivity contribution in [2.24, 2.45) is 7.05 Å². The fourth-order valence-electron chi connectivity index (χ4n) is 0.722. The van der Waals surface area contributed by atoms with Crippen molar-refractivity contribution in [3.05, 3.63) is 38.7 Å². The summed E-state index contributed by atoms with van der Waals surface area (Å²) in [5.74, 6) is 0. The van der Waals surface area contributed by atoms with Gasteiger partial charge in [-0.25, -0.2) is 9.78 Å². The van der Waals surface area contributed by atoms with Gasteiger partial charge in [0, 0.05) is 18.8 Å². The van der Waals surface area contributed by atoms with Gasteiger partial charge in [-0.15, -0.1) is 0 Å². The van der Waals surface area contributed by atoms with Crippen LogP contribution in [0.4, 0.5) is 0 Å². The highest BCUT2D eigenvalue weighted by atomic mass is 16.2. The summed E-state index contributed by atoms with van der Waals surface area (Å²) in [6, 6.07) is 1.52. The molecule has 4 heteroatoms. The monoisotopic (exact) mass is 152 g/mol. The number of rotatable bonds is 0. The molecule has 0 amide bonds. The Kier molecular flexibility index (Phi) is 1.85. The van der Waals surface area contributed by atoms with Crippen molar-refractivity contribution in [1.29, 1.82) is 0 Å². The Morgan fingerprint density at radius 1 is 1.45 bits per heavy atom. The molecular weight excluding hydrogens is 144 g/mol. The topological polar surface area (TPSA) is 52.0 Å². The SMILES string of the molecule is Cc1ccnc(=O)n(C)c1=O. The first kappa shape index (κ1) is 7.65.